The van der Waals surface area contributed by atoms with Gasteiger partial charge in [-0.3, -0.25) is 9.59 Å². The van der Waals surface area contributed by atoms with Crippen LogP contribution in [0.3, 0.4) is 0 Å². The van der Waals surface area contributed by atoms with Crippen molar-refractivity contribution in [2.45, 2.75) is 13.0 Å². The summed E-state index contributed by atoms with van der Waals surface area (Å²) < 4.78 is 15.4. The van der Waals surface area contributed by atoms with Gasteiger partial charge in [-0.25, -0.2) is 19.0 Å². The molecular formula is C26H25FN8O2. The predicted octanol–water partition coefficient (Wildman–Crippen LogP) is 2.11. The van der Waals surface area contributed by atoms with Crippen molar-refractivity contribution in [3.8, 4) is 0 Å². The average molecular weight is 501 g/mol. The first-order valence-electron chi connectivity index (χ1n) is 12.2. The quantitative estimate of drug-likeness (QED) is 0.414. The molecule has 4 aromatic rings. The Morgan fingerprint density at radius 2 is 1.81 bits per heavy atom. The van der Waals surface area contributed by atoms with Crippen LogP contribution in [0.15, 0.2) is 60.9 Å². The zero-order valence-corrected chi connectivity index (χ0v) is 20.1. The molecule has 0 N–H and O–H groups in total. The third-order valence-electron chi connectivity index (χ3n) is 6.94. The molecule has 0 saturated carbocycles. The predicted molar refractivity (Wildman–Crippen MR) is 134 cm³/mol. The Labute approximate surface area is 212 Å². The molecule has 2 fully saturated rings. The number of benzene rings is 2. The number of carbonyl (C=O) groups excluding carboxylic acids is 2. The zero-order chi connectivity index (χ0) is 25.4. The maximum Gasteiger partial charge on any atom is 0.228 e. The fraction of sp³-hybridized carbons (Fsp3) is 0.308. The van der Waals surface area contributed by atoms with E-state index in [2.05, 4.69) is 25.2 Å². The van der Waals surface area contributed by atoms with E-state index in [9.17, 15) is 14.0 Å². The highest BCUT2D eigenvalue weighted by molar-refractivity contribution is 6.00. The largest absolute Gasteiger partial charge is 0.351 e. The molecule has 2 amide bonds. The Hall–Kier alpha value is -4.41. The molecule has 37 heavy (non-hydrogen) atoms. The van der Waals surface area contributed by atoms with E-state index >= 15 is 0 Å². The first-order valence-corrected chi connectivity index (χ1v) is 12.2. The molecule has 10 nitrogen and oxygen atoms in total. The third kappa shape index (κ3) is 4.48. The number of aromatic nitrogens is 5. The van der Waals surface area contributed by atoms with Gasteiger partial charge in [-0.15, -0.1) is 5.10 Å². The lowest BCUT2D eigenvalue weighted by Gasteiger charge is -2.36. The van der Waals surface area contributed by atoms with Crippen molar-refractivity contribution < 1.29 is 14.0 Å². The maximum atomic E-state index is 13.6. The number of rotatable bonds is 5. The molecule has 1 atom stereocenters. The lowest BCUT2D eigenvalue weighted by Crippen LogP contribution is -2.51. The van der Waals surface area contributed by atoms with Crippen LogP contribution < -0.4 is 9.80 Å². The molecule has 2 aromatic carbocycles. The van der Waals surface area contributed by atoms with Crippen molar-refractivity contribution in [2.75, 3.05) is 42.5 Å². The van der Waals surface area contributed by atoms with Crippen molar-refractivity contribution in [3.05, 3.63) is 72.3 Å². The van der Waals surface area contributed by atoms with Crippen LogP contribution in [0, 0.1) is 11.7 Å². The van der Waals surface area contributed by atoms with Crippen molar-refractivity contribution in [1.82, 2.24) is 29.9 Å². The summed E-state index contributed by atoms with van der Waals surface area (Å²) in [5.74, 6) is -0.357. The number of fused-ring (bicyclic) bond motifs is 1. The van der Waals surface area contributed by atoms with E-state index in [1.54, 1.807) is 21.7 Å². The van der Waals surface area contributed by atoms with Gasteiger partial charge in [-0.1, -0.05) is 41.6 Å². The van der Waals surface area contributed by atoms with E-state index in [1.165, 1.54) is 23.4 Å². The number of hydrogen-bond acceptors (Lipinski definition) is 7. The summed E-state index contributed by atoms with van der Waals surface area (Å²) in [5.41, 5.74) is 2.88. The minimum atomic E-state index is -0.439. The van der Waals surface area contributed by atoms with Gasteiger partial charge >= 0.3 is 0 Å². The highest BCUT2D eigenvalue weighted by Crippen LogP contribution is 2.28. The van der Waals surface area contributed by atoms with Crippen LogP contribution in [0.5, 0.6) is 0 Å². The van der Waals surface area contributed by atoms with Gasteiger partial charge in [-0.2, -0.15) is 0 Å². The number of halogens is 1. The molecule has 188 valence electrons. The van der Waals surface area contributed by atoms with Gasteiger partial charge in [-0.05, 0) is 23.8 Å². The Bertz CT molecular complexity index is 1450. The molecule has 2 aliphatic heterocycles. The summed E-state index contributed by atoms with van der Waals surface area (Å²) in [6.45, 7) is 3.00. The minimum Gasteiger partial charge on any atom is -0.351 e. The van der Waals surface area contributed by atoms with Crippen molar-refractivity contribution >= 4 is 34.5 Å². The molecule has 0 aliphatic carbocycles. The van der Waals surface area contributed by atoms with Crippen LogP contribution in [-0.4, -0.2) is 74.4 Å². The van der Waals surface area contributed by atoms with Crippen LogP contribution in [0.25, 0.3) is 11.2 Å². The Balaban J connectivity index is 1.12. The van der Waals surface area contributed by atoms with Crippen LogP contribution in [-0.2, 0) is 16.1 Å². The lowest BCUT2D eigenvalue weighted by molar-refractivity contribution is -0.136. The first kappa shape index (κ1) is 23.0. The van der Waals surface area contributed by atoms with Gasteiger partial charge < -0.3 is 14.7 Å². The van der Waals surface area contributed by atoms with Crippen molar-refractivity contribution in [1.29, 1.82) is 0 Å². The number of hydrogen-bond donors (Lipinski definition) is 0. The Morgan fingerprint density at radius 1 is 1.00 bits per heavy atom. The monoisotopic (exact) mass is 500 g/mol. The molecule has 2 aromatic heterocycles. The van der Waals surface area contributed by atoms with E-state index in [0.717, 1.165) is 5.56 Å². The molecule has 0 unspecified atom stereocenters. The van der Waals surface area contributed by atoms with E-state index in [0.29, 0.717) is 55.4 Å². The second-order valence-electron chi connectivity index (χ2n) is 9.30. The van der Waals surface area contributed by atoms with E-state index in [-0.39, 0.29) is 24.8 Å². The Kier molecular flexibility index (Phi) is 5.95. The normalized spacial score (nSPS) is 18.1. The summed E-state index contributed by atoms with van der Waals surface area (Å²) in [6.07, 6.45) is 1.65. The van der Waals surface area contributed by atoms with Crippen LogP contribution in [0.4, 0.5) is 15.9 Å². The topological polar surface area (TPSA) is 100 Å². The molecule has 0 radical (unpaired) electrons. The average Bonchev–Trinajstić information content (AvgIpc) is 3.52. The first-order chi connectivity index (χ1) is 18.1. The van der Waals surface area contributed by atoms with Crippen molar-refractivity contribution in [3.63, 3.8) is 0 Å². The summed E-state index contributed by atoms with van der Waals surface area (Å²) >= 11 is 0. The zero-order valence-electron chi connectivity index (χ0n) is 20.1. The van der Waals surface area contributed by atoms with Gasteiger partial charge in [0.15, 0.2) is 17.0 Å². The van der Waals surface area contributed by atoms with Crippen LogP contribution >= 0.6 is 0 Å². The van der Waals surface area contributed by atoms with Gasteiger partial charge in [0.2, 0.25) is 11.8 Å². The SMILES string of the molecule is O=C([C@H]1CC(=O)N(c2cccc(F)c2)C1)N1CCN(c2ncnc3c2nnn3Cc2ccccc2)CC1. The van der Waals surface area contributed by atoms with Gasteiger partial charge in [0, 0.05) is 44.8 Å². The standard InChI is InChI=1S/C26H25FN8O2/c27-20-7-4-8-21(14-20)34-16-19(13-22(34)36)26(37)33-11-9-32(10-12-33)24-23-25(29-17-28-24)35(31-30-23)15-18-5-2-1-3-6-18/h1-8,14,17,19H,9-13,15-16H2/t19-/m0/s1. The van der Waals surface area contributed by atoms with Crippen LogP contribution in [0.2, 0.25) is 0 Å². The fourth-order valence-electron chi connectivity index (χ4n) is 5.04. The molecule has 4 heterocycles. The third-order valence-corrected chi connectivity index (χ3v) is 6.94. The molecular weight excluding hydrogens is 475 g/mol. The van der Waals surface area contributed by atoms with Gasteiger partial charge in [0.1, 0.15) is 12.1 Å². The number of nitrogens with zero attached hydrogens (tertiary/aromatic N) is 8. The summed E-state index contributed by atoms with van der Waals surface area (Å²) in [6, 6.07) is 15.9. The molecule has 11 heteroatoms. The smallest absolute Gasteiger partial charge is 0.228 e. The molecule has 0 spiro atoms. The Morgan fingerprint density at radius 3 is 2.59 bits per heavy atom. The van der Waals surface area contributed by atoms with Gasteiger partial charge in [0.25, 0.3) is 0 Å². The summed E-state index contributed by atoms with van der Waals surface area (Å²) in [5, 5.41) is 8.65. The highest BCUT2D eigenvalue weighted by atomic mass is 19.1. The number of piperazine rings is 1. The second kappa shape index (κ2) is 9.57. The summed E-state index contributed by atoms with van der Waals surface area (Å²) in [7, 11) is 0. The highest BCUT2D eigenvalue weighted by Gasteiger charge is 2.38. The molecule has 0 bridgehead atoms. The van der Waals surface area contributed by atoms with E-state index < -0.39 is 11.7 Å². The van der Waals surface area contributed by atoms with Gasteiger partial charge in [0.05, 0.1) is 12.5 Å². The minimum absolute atomic E-state index is 0.0476. The van der Waals surface area contributed by atoms with E-state index in [1.807, 2.05) is 30.3 Å². The molecule has 6 rings (SSSR count). The molecule has 2 saturated heterocycles. The maximum absolute atomic E-state index is 13.6. The number of anilines is 2. The molecule has 2 aliphatic rings. The number of amides is 2. The second-order valence-corrected chi connectivity index (χ2v) is 9.30. The fourth-order valence-corrected chi connectivity index (χ4v) is 5.04. The number of carbonyl (C=O) groups is 2. The van der Waals surface area contributed by atoms with Crippen LogP contribution in [0.1, 0.15) is 12.0 Å². The van der Waals surface area contributed by atoms with E-state index in [4.69, 9.17) is 0 Å². The van der Waals surface area contributed by atoms with Crippen molar-refractivity contribution in [2.24, 2.45) is 5.92 Å². The summed E-state index contributed by atoms with van der Waals surface area (Å²) in [4.78, 5) is 40.1. The lowest BCUT2D eigenvalue weighted by atomic mass is 10.1.